The molecule has 8 aromatic carbocycles. The van der Waals surface area contributed by atoms with Gasteiger partial charge < -0.3 is 4.42 Å². The van der Waals surface area contributed by atoms with E-state index in [0.717, 1.165) is 40.3 Å². The van der Waals surface area contributed by atoms with E-state index in [-0.39, 0.29) is 17.3 Å². The van der Waals surface area contributed by atoms with Gasteiger partial charge >= 0.3 is 0 Å². The molecule has 1 atom stereocenters. The van der Waals surface area contributed by atoms with Crippen molar-refractivity contribution in [2.75, 3.05) is 0 Å². The third-order valence-electron chi connectivity index (χ3n) is 12.8. The summed E-state index contributed by atoms with van der Waals surface area (Å²) < 4.78 is 6.72. The van der Waals surface area contributed by atoms with Crippen LogP contribution in [-0.2, 0) is 11.8 Å². The van der Waals surface area contributed by atoms with Crippen molar-refractivity contribution < 1.29 is 4.42 Å². The molecule has 9 aromatic rings. The molecule has 0 saturated heterocycles. The number of furan rings is 1. The lowest BCUT2D eigenvalue weighted by Crippen LogP contribution is -2.16. The Morgan fingerprint density at radius 1 is 0.500 bits per heavy atom. The Morgan fingerprint density at radius 2 is 1.16 bits per heavy atom. The number of para-hydroxylation sites is 2. The zero-order valence-corrected chi connectivity index (χ0v) is 31.8. The van der Waals surface area contributed by atoms with Crippen molar-refractivity contribution in [1.82, 2.24) is 0 Å². The summed E-state index contributed by atoms with van der Waals surface area (Å²) in [6.07, 6.45) is 2.04. The van der Waals surface area contributed by atoms with Crippen molar-refractivity contribution in [3.05, 3.63) is 226 Å². The Labute approximate surface area is 328 Å². The van der Waals surface area contributed by atoms with E-state index in [1.165, 1.54) is 72.3 Å². The maximum Gasteiger partial charge on any atom is 0.143 e. The van der Waals surface area contributed by atoms with E-state index in [4.69, 9.17) is 4.42 Å². The lowest BCUT2D eigenvalue weighted by atomic mass is 9.77. The summed E-state index contributed by atoms with van der Waals surface area (Å²) in [6.45, 7) is 4.81. The van der Waals surface area contributed by atoms with Crippen molar-refractivity contribution in [2.24, 2.45) is 0 Å². The molecule has 0 spiro atoms. The van der Waals surface area contributed by atoms with E-state index in [1.54, 1.807) is 0 Å². The Kier molecular flexibility index (Phi) is 7.54. The average molecular weight is 719 g/mol. The molecule has 56 heavy (non-hydrogen) atoms. The zero-order valence-electron chi connectivity index (χ0n) is 31.8. The minimum Gasteiger partial charge on any atom is -0.455 e. The maximum atomic E-state index is 6.72. The molecule has 0 N–H and O–H groups in total. The smallest absolute Gasteiger partial charge is 0.143 e. The first-order chi connectivity index (χ1) is 27.5. The van der Waals surface area contributed by atoms with Crippen LogP contribution >= 0.6 is 0 Å². The van der Waals surface area contributed by atoms with Crippen LogP contribution in [0.1, 0.15) is 76.6 Å². The van der Waals surface area contributed by atoms with Crippen LogP contribution in [0.15, 0.2) is 186 Å². The van der Waals surface area contributed by atoms with Gasteiger partial charge in [0, 0.05) is 33.6 Å². The Morgan fingerprint density at radius 3 is 1.96 bits per heavy atom. The second kappa shape index (κ2) is 12.8. The zero-order chi connectivity index (χ0) is 37.4. The largest absolute Gasteiger partial charge is 0.455 e. The Bertz CT molecular complexity index is 2910. The second-order valence-electron chi connectivity index (χ2n) is 16.3. The molecule has 1 heteroatoms. The number of benzene rings is 8. The van der Waals surface area contributed by atoms with E-state index >= 15 is 0 Å². The molecule has 0 bridgehead atoms. The number of fused-ring (bicyclic) bond motifs is 9. The lowest BCUT2D eigenvalue weighted by Gasteiger charge is -2.27. The minimum atomic E-state index is -0.0903. The molecule has 0 amide bonds. The van der Waals surface area contributed by atoms with Crippen molar-refractivity contribution in [1.29, 1.82) is 0 Å². The van der Waals surface area contributed by atoms with Crippen LogP contribution in [-0.4, -0.2) is 0 Å². The summed E-state index contributed by atoms with van der Waals surface area (Å²) in [4.78, 5) is 0. The van der Waals surface area contributed by atoms with Gasteiger partial charge in [-0.15, -0.1) is 0 Å². The first-order valence-electron chi connectivity index (χ1n) is 20.0. The highest BCUT2D eigenvalue weighted by molar-refractivity contribution is 6.09. The summed E-state index contributed by atoms with van der Waals surface area (Å²) in [5, 5.41) is 2.31. The fourth-order valence-electron chi connectivity index (χ4n) is 10.1. The fraction of sp³-hybridized carbons (Fsp3) is 0.127. The highest BCUT2D eigenvalue weighted by Crippen LogP contribution is 2.53. The van der Waals surface area contributed by atoms with Gasteiger partial charge in [-0.05, 0) is 97.3 Å². The van der Waals surface area contributed by atoms with E-state index in [1.807, 2.05) is 0 Å². The molecular weight excluding hydrogens is 677 g/mol. The highest BCUT2D eigenvalue weighted by atomic mass is 16.3. The van der Waals surface area contributed by atoms with Gasteiger partial charge in [0.25, 0.3) is 0 Å². The van der Waals surface area contributed by atoms with Gasteiger partial charge in [0.15, 0.2) is 0 Å². The number of hydrogen-bond donors (Lipinski definition) is 0. The van der Waals surface area contributed by atoms with Gasteiger partial charge in [0.05, 0.1) is 0 Å². The third-order valence-corrected chi connectivity index (χ3v) is 12.8. The molecule has 1 aromatic heterocycles. The van der Waals surface area contributed by atoms with E-state index in [9.17, 15) is 0 Å². The minimum absolute atomic E-state index is 0.0573. The second-order valence-corrected chi connectivity index (χ2v) is 16.3. The molecule has 268 valence electrons. The van der Waals surface area contributed by atoms with Crippen molar-refractivity contribution in [2.45, 2.75) is 43.9 Å². The summed E-state index contributed by atoms with van der Waals surface area (Å²) in [5.74, 6) is 0.241. The van der Waals surface area contributed by atoms with Gasteiger partial charge in [-0.2, -0.15) is 0 Å². The lowest BCUT2D eigenvalue weighted by molar-refractivity contribution is 0.655. The molecule has 1 unspecified atom stereocenters. The van der Waals surface area contributed by atoms with Crippen molar-refractivity contribution in [3.8, 4) is 33.4 Å². The fourth-order valence-corrected chi connectivity index (χ4v) is 10.1. The Hall–Kier alpha value is -6.44. The van der Waals surface area contributed by atoms with Gasteiger partial charge in [0.2, 0.25) is 0 Å². The summed E-state index contributed by atoms with van der Waals surface area (Å²) in [6, 6.07) is 67.8. The van der Waals surface area contributed by atoms with Gasteiger partial charge in [-0.1, -0.05) is 184 Å². The molecule has 0 radical (unpaired) electrons. The third kappa shape index (κ3) is 5.15. The topological polar surface area (TPSA) is 13.1 Å². The quantitative estimate of drug-likeness (QED) is 0.162. The van der Waals surface area contributed by atoms with Crippen LogP contribution in [0.2, 0.25) is 0 Å². The maximum absolute atomic E-state index is 6.72. The van der Waals surface area contributed by atoms with Crippen LogP contribution in [0.5, 0.6) is 0 Å². The normalized spacial score (nSPS) is 15.3. The molecule has 1 nitrogen and oxygen atoms in total. The number of rotatable bonds is 5. The monoisotopic (exact) mass is 718 g/mol. The van der Waals surface area contributed by atoms with Crippen LogP contribution in [0, 0.1) is 0 Å². The van der Waals surface area contributed by atoms with Gasteiger partial charge in [-0.25, -0.2) is 0 Å². The summed E-state index contributed by atoms with van der Waals surface area (Å²) >= 11 is 0. The molecular formula is C55H42O. The predicted octanol–water partition coefficient (Wildman–Crippen LogP) is 14.5. The number of aryl methyl sites for hydroxylation is 1. The SMILES string of the molecule is CC1(C)c2ccccc2-c2cc3c(cc21)C(c1cc(-c2cccc4c2oc2ccccc24)cc(C(c2ccccc2)c2ccccc2)c1)CCc1ccccc1-3. The molecule has 2 aliphatic rings. The molecule has 0 fully saturated rings. The van der Waals surface area contributed by atoms with E-state index in [2.05, 4.69) is 196 Å². The summed E-state index contributed by atoms with van der Waals surface area (Å²) in [7, 11) is 0. The number of hydrogen-bond acceptors (Lipinski definition) is 1. The molecule has 1 heterocycles. The van der Waals surface area contributed by atoms with Crippen LogP contribution in [0.25, 0.3) is 55.3 Å². The van der Waals surface area contributed by atoms with E-state index < -0.39 is 0 Å². The predicted molar refractivity (Wildman–Crippen MR) is 233 cm³/mol. The average Bonchev–Trinajstić information content (AvgIpc) is 3.67. The standard InChI is InChI=1S/C55H42O/c1-55(2)50-26-13-11-22-44(50)49-33-47-41-21-10-9-16-35(41)28-29-42(48(47)34-51(49)55)38-30-39(43-24-15-25-46-45-23-12-14-27-52(45)56-54(43)46)32-40(31-38)53(36-17-5-3-6-18-36)37-19-7-4-8-20-37/h3-27,30-34,42,53H,28-29H2,1-2H3. The first-order valence-corrected chi connectivity index (χ1v) is 20.0. The molecule has 0 aliphatic heterocycles. The van der Waals surface area contributed by atoms with Gasteiger partial charge in [-0.3, -0.25) is 0 Å². The van der Waals surface area contributed by atoms with Gasteiger partial charge in [0.1, 0.15) is 11.2 Å². The Balaban J connectivity index is 1.19. The summed E-state index contributed by atoms with van der Waals surface area (Å²) in [5.41, 5.74) is 20.5. The van der Waals surface area contributed by atoms with E-state index in [0.29, 0.717) is 0 Å². The van der Waals surface area contributed by atoms with Crippen molar-refractivity contribution >= 4 is 21.9 Å². The molecule has 11 rings (SSSR count). The molecule has 0 saturated carbocycles. The van der Waals surface area contributed by atoms with Crippen LogP contribution in [0.3, 0.4) is 0 Å². The highest BCUT2D eigenvalue weighted by Gasteiger charge is 2.38. The molecule has 2 aliphatic carbocycles. The van der Waals surface area contributed by atoms with Crippen LogP contribution in [0.4, 0.5) is 0 Å². The van der Waals surface area contributed by atoms with Crippen molar-refractivity contribution in [3.63, 3.8) is 0 Å². The first kappa shape index (κ1) is 32.9. The van der Waals surface area contributed by atoms with Crippen LogP contribution < -0.4 is 0 Å².